The first kappa shape index (κ1) is 11.8. The summed E-state index contributed by atoms with van der Waals surface area (Å²) in [7, 11) is 0. The quantitative estimate of drug-likeness (QED) is 0.774. The van der Waals surface area contributed by atoms with Gasteiger partial charge in [-0.15, -0.1) is 0 Å². The van der Waals surface area contributed by atoms with Crippen LogP contribution in [0.2, 0.25) is 5.15 Å². The summed E-state index contributed by atoms with van der Waals surface area (Å²) in [6, 6.07) is 5.92. The number of hydrogen-bond donors (Lipinski definition) is 2. The number of nitrogens with two attached hydrogens (primary N) is 1. The van der Waals surface area contributed by atoms with Gasteiger partial charge in [-0.25, -0.2) is 0 Å². The lowest BCUT2D eigenvalue weighted by Gasteiger charge is -2.07. The van der Waals surface area contributed by atoms with Gasteiger partial charge in [0.25, 0.3) is 0 Å². The van der Waals surface area contributed by atoms with E-state index in [1.165, 1.54) is 24.3 Å². The largest absolute Gasteiger partial charge is 0.433 e. The molecule has 7 heteroatoms. The number of aromatic amines is 1. The molecule has 3 nitrogen and oxygen atoms in total. The molecule has 0 fully saturated rings. The van der Waals surface area contributed by atoms with Crippen molar-refractivity contribution in [3.8, 4) is 11.1 Å². The normalized spacial score (nSPS) is 11.8. The molecular formula is C10H7ClF3N3. The van der Waals surface area contributed by atoms with E-state index in [0.717, 1.165) is 0 Å². The van der Waals surface area contributed by atoms with Gasteiger partial charge in [0.15, 0.2) is 5.15 Å². The summed E-state index contributed by atoms with van der Waals surface area (Å²) in [4.78, 5) is 0. The van der Waals surface area contributed by atoms with Crippen LogP contribution in [0.5, 0.6) is 0 Å². The molecule has 0 atom stereocenters. The van der Waals surface area contributed by atoms with E-state index in [2.05, 4.69) is 5.10 Å². The summed E-state index contributed by atoms with van der Waals surface area (Å²) in [5.41, 5.74) is 5.10. The van der Waals surface area contributed by atoms with Crippen molar-refractivity contribution in [1.82, 2.24) is 10.2 Å². The van der Waals surface area contributed by atoms with Crippen LogP contribution < -0.4 is 5.73 Å². The van der Waals surface area contributed by atoms with Gasteiger partial charge in [-0.05, 0) is 17.7 Å². The van der Waals surface area contributed by atoms with Gasteiger partial charge in [0.1, 0.15) is 5.69 Å². The predicted octanol–water partition coefficient (Wildman–Crippen LogP) is 3.33. The summed E-state index contributed by atoms with van der Waals surface area (Å²) in [5.74, 6) is 0. The molecule has 1 aromatic carbocycles. The van der Waals surface area contributed by atoms with Crippen LogP contribution in [0.1, 0.15) is 5.69 Å². The molecule has 0 bridgehead atoms. The molecule has 2 rings (SSSR count). The fraction of sp³-hybridized carbons (Fsp3) is 0.100. The molecule has 3 N–H and O–H groups in total. The third-order valence-corrected chi connectivity index (χ3v) is 2.48. The summed E-state index contributed by atoms with van der Waals surface area (Å²) in [5, 5.41) is 5.04. The summed E-state index contributed by atoms with van der Waals surface area (Å²) >= 11 is 5.65. The maximum atomic E-state index is 12.7. The van der Waals surface area contributed by atoms with Crippen LogP contribution >= 0.6 is 11.6 Å². The number of nitrogen functional groups attached to an aromatic ring is 1. The number of rotatable bonds is 1. The molecule has 0 amide bonds. The van der Waals surface area contributed by atoms with Crippen LogP contribution in [0, 0.1) is 0 Å². The number of aromatic nitrogens is 2. The summed E-state index contributed by atoms with van der Waals surface area (Å²) < 4.78 is 38.0. The molecule has 0 aliphatic carbocycles. The Kier molecular flexibility index (Phi) is 2.74. The Morgan fingerprint density at radius 3 is 2.29 bits per heavy atom. The lowest BCUT2D eigenvalue weighted by atomic mass is 10.1. The highest BCUT2D eigenvalue weighted by Gasteiger charge is 2.37. The molecule has 0 unspecified atom stereocenters. The minimum atomic E-state index is -4.53. The van der Waals surface area contributed by atoms with Gasteiger partial charge in [0, 0.05) is 5.69 Å². The second-order valence-electron chi connectivity index (χ2n) is 3.38. The number of nitrogens with one attached hydrogen (secondary N) is 1. The molecular weight excluding hydrogens is 255 g/mol. The zero-order valence-corrected chi connectivity index (χ0v) is 9.10. The Hall–Kier alpha value is -1.69. The number of benzene rings is 1. The highest BCUT2D eigenvalue weighted by atomic mass is 35.5. The van der Waals surface area contributed by atoms with Gasteiger partial charge in [-0.2, -0.15) is 18.3 Å². The number of hydrogen-bond acceptors (Lipinski definition) is 2. The molecule has 0 aliphatic rings. The number of halogens is 4. The van der Waals surface area contributed by atoms with E-state index in [0.29, 0.717) is 11.3 Å². The average molecular weight is 262 g/mol. The van der Waals surface area contributed by atoms with Crippen molar-refractivity contribution in [2.24, 2.45) is 0 Å². The van der Waals surface area contributed by atoms with Crippen LogP contribution in [-0.4, -0.2) is 10.2 Å². The second-order valence-corrected chi connectivity index (χ2v) is 3.74. The molecule has 1 heterocycles. The van der Waals surface area contributed by atoms with Crippen LogP contribution in [0.3, 0.4) is 0 Å². The van der Waals surface area contributed by atoms with Gasteiger partial charge >= 0.3 is 6.18 Å². The van der Waals surface area contributed by atoms with Crippen LogP contribution in [0.15, 0.2) is 24.3 Å². The SMILES string of the molecule is Nc1ccc(-c2c(Cl)n[nH]c2C(F)(F)F)cc1. The number of anilines is 1. The van der Waals surface area contributed by atoms with Crippen LogP contribution in [0.25, 0.3) is 11.1 Å². The zero-order chi connectivity index (χ0) is 12.6. The van der Waals surface area contributed by atoms with E-state index in [9.17, 15) is 13.2 Å². The standard InChI is InChI=1S/C10H7ClF3N3/c11-9-7(5-1-3-6(15)4-2-5)8(16-17-9)10(12,13)14/h1-4H,15H2,(H,16,17). The van der Waals surface area contributed by atoms with Crippen molar-refractivity contribution in [2.45, 2.75) is 6.18 Å². The van der Waals surface area contributed by atoms with Crippen molar-refractivity contribution < 1.29 is 13.2 Å². The lowest BCUT2D eigenvalue weighted by molar-refractivity contribution is -0.140. The number of nitrogens with zero attached hydrogens (tertiary/aromatic N) is 1. The molecule has 1 aromatic heterocycles. The van der Waals surface area contributed by atoms with Gasteiger partial charge < -0.3 is 5.73 Å². The Bertz CT molecular complexity index is 531. The molecule has 0 aliphatic heterocycles. The van der Waals surface area contributed by atoms with E-state index in [4.69, 9.17) is 17.3 Å². The number of H-pyrrole nitrogens is 1. The Balaban J connectivity index is 2.59. The van der Waals surface area contributed by atoms with E-state index >= 15 is 0 Å². The number of alkyl halides is 3. The van der Waals surface area contributed by atoms with E-state index < -0.39 is 11.9 Å². The zero-order valence-electron chi connectivity index (χ0n) is 8.35. The fourth-order valence-corrected chi connectivity index (χ4v) is 1.68. The van der Waals surface area contributed by atoms with Gasteiger partial charge in [-0.1, -0.05) is 23.7 Å². The van der Waals surface area contributed by atoms with Crippen molar-refractivity contribution >= 4 is 17.3 Å². The average Bonchev–Trinajstić information content (AvgIpc) is 2.61. The maximum absolute atomic E-state index is 12.7. The minimum absolute atomic E-state index is 0.167. The highest BCUT2D eigenvalue weighted by Crippen LogP contribution is 2.39. The van der Waals surface area contributed by atoms with Gasteiger partial charge in [0.2, 0.25) is 0 Å². The molecule has 0 saturated heterocycles. The van der Waals surface area contributed by atoms with Crippen molar-refractivity contribution in [1.29, 1.82) is 0 Å². The third-order valence-electron chi connectivity index (χ3n) is 2.20. The van der Waals surface area contributed by atoms with Gasteiger partial charge in [-0.3, -0.25) is 5.10 Å². The maximum Gasteiger partial charge on any atom is 0.433 e. The topological polar surface area (TPSA) is 54.7 Å². The second kappa shape index (κ2) is 3.96. The molecule has 90 valence electrons. The molecule has 0 spiro atoms. The minimum Gasteiger partial charge on any atom is -0.399 e. The van der Waals surface area contributed by atoms with E-state index in [1.54, 1.807) is 0 Å². The van der Waals surface area contributed by atoms with Crippen LogP contribution in [0.4, 0.5) is 18.9 Å². The lowest BCUT2D eigenvalue weighted by Crippen LogP contribution is -2.07. The Morgan fingerprint density at radius 1 is 1.18 bits per heavy atom. The Labute approximate surface area is 99.4 Å². The monoisotopic (exact) mass is 261 g/mol. The van der Waals surface area contributed by atoms with Crippen molar-refractivity contribution in [3.63, 3.8) is 0 Å². The smallest absolute Gasteiger partial charge is 0.399 e. The molecule has 17 heavy (non-hydrogen) atoms. The van der Waals surface area contributed by atoms with Crippen LogP contribution in [-0.2, 0) is 6.18 Å². The van der Waals surface area contributed by atoms with E-state index in [1.807, 2.05) is 5.10 Å². The predicted molar refractivity (Wildman–Crippen MR) is 58.4 cm³/mol. The van der Waals surface area contributed by atoms with Crippen molar-refractivity contribution in [3.05, 3.63) is 35.1 Å². The molecule has 2 aromatic rings. The third kappa shape index (κ3) is 2.21. The summed E-state index contributed by atoms with van der Waals surface area (Å²) in [6.45, 7) is 0. The van der Waals surface area contributed by atoms with Crippen molar-refractivity contribution in [2.75, 3.05) is 5.73 Å². The first-order chi connectivity index (χ1) is 7.89. The fourth-order valence-electron chi connectivity index (χ4n) is 1.44. The summed E-state index contributed by atoms with van der Waals surface area (Å²) in [6.07, 6.45) is -4.53. The molecule has 0 radical (unpaired) electrons. The molecule has 0 saturated carbocycles. The van der Waals surface area contributed by atoms with E-state index in [-0.39, 0.29) is 10.7 Å². The first-order valence-corrected chi connectivity index (χ1v) is 4.94. The van der Waals surface area contributed by atoms with Gasteiger partial charge in [0.05, 0.1) is 5.56 Å². The first-order valence-electron chi connectivity index (χ1n) is 4.56. The Morgan fingerprint density at radius 2 is 1.76 bits per heavy atom. The highest BCUT2D eigenvalue weighted by molar-refractivity contribution is 6.32.